The summed E-state index contributed by atoms with van der Waals surface area (Å²) in [4.78, 5) is 5.22. The quantitative estimate of drug-likeness (QED) is 0.715. The minimum Gasteiger partial charge on any atom is -0.302 e. The summed E-state index contributed by atoms with van der Waals surface area (Å²) in [5, 5.41) is 0. The van der Waals surface area contributed by atoms with E-state index in [4.69, 9.17) is 4.84 Å². The maximum atomic E-state index is 5.22. The first kappa shape index (κ1) is 8.73. The molecule has 2 nitrogen and oxygen atoms in total. The molecule has 70 valence electrons. The lowest BCUT2D eigenvalue weighted by molar-refractivity contribution is 0.0244. The molecule has 2 heteroatoms. The van der Waals surface area contributed by atoms with Gasteiger partial charge >= 0.3 is 0 Å². The number of fused-ring (bicyclic) bond motifs is 1. The van der Waals surface area contributed by atoms with Crippen molar-refractivity contribution >= 4 is 0 Å². The van der Waals surface area contributed by atoms with Crippen LogP contribution in [0, 0.1) is 0 Å². The van der Waals surface area contributed by atoms with Crippen molar-refractivity contribution in [2.24, 2.45) is 0 Å². The van der Waals surface area contributed by atoms with Crippen LogP contribution >= 0.6 is 0 Å². The Labute approximate surface area is 78.9 Å². The van der Waals surface area contributed by atoms with Crippen LogP contribution < -0.4 is 5.48 Å². The van der Waals surface area contributed by atoms with Crippen molar-refractivity contribution in [3.05, 3.63) is 35.4 Å². The van der Waals surface area contributed by atoms with Gasteiger partial charge in [-0.25, -0.2) is 0 Å². The van der Waals surface area contributed by atoms with Gasteiger partial charge in [-0.3, -0.25) is 0 Å². The predicted octanol–water partition coefficient (Wildman–Crippen LogP) is 2.21. The van der Waals surface area contributed by atoms with E-state index in [1.54, 1.807) is 0 Å². The normalized spacial score (nSPS) is 20.2. The minimum atomic E-state index is 0.399. The predicted molar refractivity (Wildman–Crippen MR) is 52.3 cm³/mol. The third-order valence-electron chi connectivity index (χ3n) is 2.50. The summed E-state index contributed by atoms with van der Waals surface area (Å²) in [6, 6.07) is 8.96. The van der Waals surface area contributed by atoms with Gasteiger partial charge in [0, 0.05) is 0 Å². The van der Waals surface area contributed by atoms with Gasteiger partial charge < -0.3 is 4.84 Å². The first-order valence-electron chi connectivity index (χ1n) is 4.87. The van der Waals surface area contributed by atoms with Gasteiger partial charge in [0.2, 0.25) is 0 Å². The Morgan fingerprint density at radius 2 is 2.31 bits per heavy atom. The van der Waals surface area contributed by atoms with Gasteiger partial charge in [-0.1, -0.05) is 24.3 Å². The van der Waals surface area contributed by atoms with E-state index in [1.807, 2.05) is 6.92 Å². The van der Waals surface area contributed by atoms with Crippen molar-refractivity contribution in [3.63, 3.8) is 0 Å². The van der Waals surface area contributed by atoms with Gasteiger partial charge in [-0.2, -0.15) is 5.48 Å². The molecule has 0 bridgehead atoms. The molecule has 0 amide bonds. The highest BCUT2D eigenvalue weighted by atomic mass is 16.6. The van der Waals surface area contributed by atoms with Crippen LogP contribution in [0.3, 0.4) is 0 Å². The standard InChI is InChI=1S/C11H15NO/c1-2-13-12-11-8-7-9-5-3-4-6-10(9)11/h3-6,11-12H,2,7-8H2,1H3. The second kappa shape index (κ2) is 3.90. The molecule has 0 spiro atoms. The maximum Gasteiger partial charge on any atom is 0.0654 e. The van der Waals surface area contributed by atoms with Gasteiger partial charge in [-0.15, -0.1) is 0 Å². The summed E-state index contributed by atoms with van der Waals surface area (Å²) >= 11 is 0. The second-order valence-corrected chi connectivity index (χ2v) is 3.34. The van der Waals surface area contributed by atoms with Crippen LogP contribution in [-0.4, -0.2) is 6.61 Å². The van der Waals surface area contributed by atoms with Gasteiger partial charge in [0.15, 0.2) is 0 Å². The fourth-order valence-corrected chi connectivity index (χ4v) is 1.86. The Morgan fingerprint density at radius 1 is 1.46 bits per heavy atom. The van der Waals surface area contributed by atoms with Crippen molar-refractivity contribution in [2.75, 3.05) is 6.61 Å². The molecule has 0 radical (unpaired) electrons. The summed E-state index contributed by atoms with van der Waals surface area (Å²) in [6.45, 7) is 2.71. The number of rotatable bonds is 3. The third-order valence-corrected chi connectivity index (χ3v) is 2.50. The molecule has 0 saturated heterocycles. The first-order chi connectivity index (χ1) is 6.42. The van der Waals surface area contributed by atoms with Crippen molar-refractivity contribution in [1.82, 2.24) is 5.48 Å². The molecule has 2 rings (SSSR count). The summed E-state index contributed by atoms with van der Waals surface area (Å²) < 4.78 is 0. The molecule has 1 N–H and O–H groups in total. The molecular formula is C11H15NO. The summed E-state index contributed by atoms with van der Waals surface area (Å²) in [5.74, 6) is 0. The molecular weight excluding hydrogens is 162 g/mol. The van der Waals surface area contributed by atoms with E-state index >= 15 is 0 Å². The number of hydrogen-bond acceptors (Lipinski definition) is 2. The van der Waals surface area contributed by atoms with Crippen LogP contribution in [0.5, 0.6) is 0 Å². The number of benzene rings is 1. The number of hydrogen-bond donors (Lipinski definition) is 1. The lowest BCUT2D eigenvalue weighted by atomic mass is 10.1. The summed E-state index contributed by atoms with van der Waals surface area (Å²) in [5.41, 5.74) is 5.94. The Hall–Kier alpha value is -0.860. The Balaban J connectivity index is 2.09. The maximum absolute atomic E-state index is 5.22. The number of hydroxylamine groups is 1. The molecule has 1 atom stereocenters. The van der Waals surface area contributed by atoms with Gasteiger partial charge in [0.05, 0.1) is 12.6 Å². The van der Waals surface area contributed by atoms with Crippen LogP contribution in [0.2, 0.25) is 0 Å². The van der Waals surface area contributed by atoms with Crippen LogP contribution in [0.4, 0.5) is 0 Å². The van der Waals surface area contributed by atoms with E-state index < -0.39 is 0 Å². The highest BCUT2D eigenvalue weighted by Crippen LogP contribution is 2.30. The Kier molecular flexibility index (Phi) is 2.62. The van der Waals surface area contributed by atoms with Crippen LogP contribution in [0.1, 0.15) is 30.5 Å². The zero-order valence-corrected chi connectivity index (χ0v) is 7.92. The summed E-state index contributed by atoms with van der Waals surface area (Å²) in [7, 11) is 0. The lowest BCUT2D eigenvalue weighted by Crippen LogP contribution is -2.19. The average molecular weight is 177 g/mol. The molecule has 13 heavy (non-hydrogen) atoms. The van der Waals surface area contributed by atoms with Crippen LogP contribution in [-0.2, 0) is 11.3 Å². The smallest absolute Gasteiger partial charge is 0.0654 e. The van der Waals surface area contributed by atoms with Crippen molar-refractivity contribution < 1.29 is 4.84 Å². The third kappa shape index (κ3) is 1.74. The van der Waals surface area contributed by atoms with E-state index in [0.29, 0.717) is 6.04 Å². The van der Waals surface area contributed by atoms with E-state index in [9.17, 15) is 0 Å². The SMILES string of the molecule is CCONC1CCc2ccccc21. The zero-order valence-electron chi connectivity index (χ0n) is 7.92. The molecule has 0 fully saturated rings. The molecule has 0 aliphatic heterocycles. The Bertz CT molecular complexity index is 285. The topological polar surface area (TPSA) is 21.3 Å². The minimum absolute atomic E-state index is 0.399. The van der Waals surface area contributed by atoms with Gasteiger partial charge in [0.25, 0.3) is 0 Å². The van der Waals surface area contributed by atoms with Crippen LogP contribution in [0.25, 0.3) is 0 Å². The largest absolute Gasteiger partial charge is 0.302 e. The van der Waals surface area contributed by atoms with Crippen LogP contribution in [0.15, 0.2) is 24.3 Å². The van der Waals surface area contributed by atoms with E-state index in [0.717, 1.165) is 13.0 Å². The molecule has 1 aliphatic carbocycles. The average Bonchev–Trinajstić information content (AvgIpc) is 2.58. The van der Waals surface area contributed by atoms with Gasteiger partial charge in [0.1, 0.15) is 0 Å². The van der Waals surface area contributed by atoms with E-state index in [1.165, 1.54) is 17.5 Å². The fourth-order valence-electron chi connectivity index (χ4n) is 1.86. The van der Waals surface area contributed by atoms with E-state index in [2.05, 4.69) is 29.7 Å². The fraction of sp³-hybridized carbons (Fsp3) is 0.455. The van der Waals surface area contributed by atoms with Crippen molar-refractivity contribution in [3.8, 4) is 0 Å². The second-order valence-electron chi connectivity index (χ2n) is 3.34. The van der Waals surface area contributed by atoms with E-state index in [-0.39, 0.29) is 0 Å². The molecule has 1 aliphatic rings. The molecule has 1 aromatic carbocycles. The Morgan fingerprint density at radius 3 is 3.15 bits per heavy atom. The zero-order chi connectivity index (χ0) is 9.10. The number of aryl methyl sites for hydroxylation is 1. The highest BCUT2D eigenvalue weighted by Gasteiger charge is 2.21. The molecule has 1 aromatic rings. The van der Waals surface area contributed by atoms with Crippen molar-refractivity contribution in [2.45, 2.75) is 25.8 Å². The lowest BCUT2D eigenvalue weighted by Gasteiger charge is -2.12. The molecule has 1 unspecified atom stereocenters. The molecule has 0 heterocycles. The summed E-state index contributed by atoms with van der Waals surface area (Å²) in [6.07, 6.45) is 2.32. The number of nitrogens with one attached hydrogen (secondary N) is 1. The monoisotopic (exact) mass is 177 g/mol. The van der Waals surface area contributed by atoms with Gasteiger partial charge in [-0.05, 0) is 30.9 Å². The van der Waals surface area contributed by atoms with Crippen molar-refractivity contribution in [1.29, 1.82) is 0 Å². The highest BCUT2D eigenvalue weighted by molar-refractivity contribution is 5.33. The molecule has 0 aromatic heterocycles. The molecule has 0 saturated carbocycles. The first-order valence-corrected chi connectivity index (χ1v) is 4.87.